The van der Waals surface area contributed by atoms with Crippen LogP contribution in [0.4, 0.5) is 10.1 Å². The first kappa shape index (κ1) is 13.9. The van der Waals surface area contributed by atoms with Crippen molar-refractivity contribution in [1.29, 1.82) is 0 Å². The van der Waals surface area contributed by atoms with Crippen molar-refractivity contribution in [3.63, 3.8) is 0 Å². The summed E-state index contributed by atoms with van der Waals surface area (Å²) in [6.45, 7) is 2.14. The van der Waals surface area contributed by atoms with Crippen molar-refractivity contribution in [2.45, 2.75) is 19.4 Å². The first-order chi connectivity index (χ1) is 9.11. The molecule has 1 N–H and O–H groups in total. The smallest absolute Gasteiger partial charge is 0.305 e. The number of hydrogen-bond donors (Lipinski definition) is 1. The van der Waals surface area contributed by atoms with E-state index in [1.807, 2.05) is 0 Å². The Morgan fingerprint density at radius 3 is 2.68 bits per heavy atom. The second-order valence-corrected chi connectivity index (χ2v) is 4.91. The molecule has 6 heteroatoms. The van der Waals surface area contributed by atoms with Crippen LogP contribution < -0.4 is 0 Å². The third-order valence-corrected chi connectivity index (χ3v) is 3.61. The molecular formula is C13H17FN2O3. The van der Waals surface area contributed by atoms with Crippen LogP contribution in [0.3, 0.4) is 0 Å². The minimum atomic E-state index is -0.739. The predicted molar refractivity (Wildman–Crippen MR) is 68.1 cm³/mol. The number of benzene rings is 1. The maximum absolute atomic E-state index is 13.9. The van der Waals surface area contributed by atoms with Crippen molar-refractivity contribution >= 4 is 5.69 Å². The lowest BCUT2D eigenvalue weighted by molar-refractivity contribution is -0.387. The van der Waals surface area contributed by atoms with Crippen LogP contribution in [0.2, 0.25) is 0 Å². The summed E-state index contributed by atoms with van der Waals surface area (Å²) in [5.74, 6) is -0.414. The fraction of sp³-hybridized carbons (Fsp3) is 0.538. The van der Waals surface area contributed by atoms with Gasteiger partial charge in [-0.1, -0.05) is 12.1 Å². The fourth-order valence-electron chi connectivity index (χ4n) is 2.40. The number of rotatable bonds is 4. The van der Waals surface area contributed by atoms with Crippen LogP contribution >= 0.6 is 0 Å². The van der Waals surface area contributed by atoms with Crippen LogP contribution in [0.15, 0.2) is 18.2 Å². The summed E-state index contributed by atoms with van der Waals surface area (Å²) in [5.41, 5.74) is -0.112. The Morgan fingerprint density at radius 1 is 1.42 bits per heavy atom. The monoisotopic (exact) mass is 268 g/mol. The van der Waals surface area contributed by atoms with Gasteiger partial charge in [-0.2, -0.15) is 4.39 Å². The summed E-state index contributed by atoms with van der Waals surface area (Å²) in [7, 11) is 0. The molecule has 0 aliphatic carbocycles. The molecule has 0 bridgehead atoms. The lowest BCUT2D eigenvalue weighted by atomic mass is 9.97. The molecular weight excluding hydrogens is 251 g/mol. The van der Waals surface area contributed by atoms with Gasteiger partial charge in [0.15, 0.2) is 0 Å². The molecule has 19 heavy (non-hydrogen) atoms. The van der Waals surface area contributed by atoms with Crippen molar-refractivity contribution in [2.75, 3.05) is 19.7 Å². The molecule has 2 rings (SSSR count). The van der Waals surface area contributed by atoms with Crippen molar-refractivity contribution < 1.29 is 14.4 Å². The Kier molecular flexibility index (Phi) is 4.44. The number of hydrogen-bond acceptors (Lipinski definition) is 4. The summed E-state index contributed by atoms with van der Waals surface area (Å²) in [5, 5.41) is 19.7. The Balaban J connectivity index is 2.04. The first-order valence-corrected chi connectivity index (χ1v) is 6.36. The third-order valence-electron chi connectivity index (χ3n) is 3.61. The van der Waals surface area contributed by atoms with Gasteiger partial charge >= 0.3 is 5.69 Å². The van der Waals surface area contributed by atoms with Crippen LogP contribution in [0.5, 0.6) is 0 Å². The van der Waals surface area contributed by atoms with E-state index in [1.54, 1.807) is 6.07 Å². The molecule has 0 spiro atoms. The Labute approximate surface area is 110 Å². The highest BCUT2D eigenvalue weighted by atomic mass is 19.1. The average molecular weight is 268 g/mol. The highest BCUT2D eigenvalue weighted by Gasteiger charge is 2.22. The molecule has 1 fully saturated rings. The Hall–Kier alpha value is -1.53. The summed E-state index contributed by atoms with van der Waals surface area (Å²) >= 11 is 0. The fourth-order valence-corrected chi connectivity index (χ4v) is 2.40. The van der Waals surface area contributed by atoms with Crippen LogP contribution in [0.25, 0.3) is 0 Å². The van der Waals surface area contributed by atoms with Gasteiger partial charge in [0, 0.05) is 24.8 Å². The van der Waals surface area contributed by atoms with E-state index in [0.717, 1.165) is 25.9 Å². The van der Waals surface area contributed by atoms with E-state index in [4.69, 9.17) is 5.11 Å². The van der Waals surface area contributed by atoms with E-state index in [0.29, 0.717) is 18.0 Å². The number of nitrogens with zero attached hydrogens (tertiary/aromatic N) is 2. The van der Waals surface area contributed by atoms with Gasteiger partial charge in [-0.3, -0.25) is 15.0 Å². The normalized spacial score (nSPS) is 17.6. The lowest BCUT2D eigenvalue weighted by Gasteiger charge is -2.31. The molecule has 1 aromatic carbocycles. The molecule has 104 valence electrons. The SMILES string of the molecule is O=[N+]([O-])c1cccc(CN2CCC(CO)CC2)c1F. The zero-order chi connectivity index (χ0) is 13.8. The quantitative estimate of drug-likeness (QED) is 0.669. The minimum Gasteiger partial charge on any atom is -0.396 e. The van der Waals surface area contributed by atoms with Gasteiger partial charge in [-0.05, 0) is 31.8 Å². The summed E-state index contributed by atoms with van der Waals surface area (Å²) in [6.07, 6.45) is 1.76. The predicted octanol–water partition coefficient (Wildman–Crippen LogP) is 1.94. The molecule has 0 radical (unpaired) electrons. The molecule has 0 unspecified atom stereocenters. The van der Waals surface area contributed by atoms with Gasteiger partial charge < -0.3 is 5.11 Å². The van der Waals surface area contributed by atoms with Crippen LogP contribution in [-0.2, 0) is 6.54 Å². The highest BCUT2D eigenvalue weighted by Crippen LogP contribution is 2.23. The Morgan fingerprint density at radius 2 is 2.11 bits per heavy atom. The average Bonchev–Trinajstić information content (AvgIpc) is 2.41. The zero-order valence-electron chi connectivity index (χ0n) is 10.6. The molecule has 1 saturated heterocycles. The maximum atomic E-state index is 13.9. The van der Waals surface area contributed by atoms with E-state index in [9.17, 15) is 14.5 Å². The van der Waals surface area contributed by atoms with Gasteiger partial charge in [-0.25, -0.2) is 0 Å². The van der Waals surface area contributed by atoms with Crippen molar-refractivity contribution in [3.8, 4) is 0 Å². The van der Waals surface area contributed by atoms with E-state index in [2.05, 4.69) is 4.90 Å². The van der Waals surface area contributed by atoms with E-state index in [-0.39, 0.29) is 6.61 Å². The summed E-state index contributed by atoms with van der Waals surface area (Å²) < 4.78 is 13.9. The molecule has 1 aliphatic rings. The zero-order valence-corrected chi connectivity index (χ0v) is 10.6. The second kappa shape index (κ2) is 6.08. The molecule has 0 atom stereocenters. The molecule has 0 amide bonds. The number of nitro benzene ring substituents is 1. The molecule has 5 nitrogen and oxygen atoms in total. The van der Waals surface area contributed by atoms with Crippen LogP contribution in [-0.4, -0.2) is 34.6 Å². The number of nitro groups is 1. The summed E-state index contributed by atoms with van der Waals surface area (Å²) in [6, 6.07) is 4.27. The summed E-state index contributed by atoms with van der Waals surface area (Å²) in [4.78, 5) is 12.0. The number of piperidine rings is 1. The van der Waals surface area contributed by atoms with Crippen LogP contribution in [0.1, 0.15) is 18.4 Å². The van der Waals surface area contributed by atoms with E-state index in [1.165, 1.54) is 12.1 Å². The standard InChI is InChI=1S/C13H17FN2O3/c14-13-11(2-1-3-12(13)16(18)19)8-15-6-4-10(9-17)5-7-15/h1-3,10,17H,4-9H2. The lowest BCUT2D eigenvalue weighted by Crippen LogP contribution is -2.34. The Bertz CT molecular complexity index is 459. The number of aliphatic hydroxyl groups is 1. The molecule has 0 aromatic heterocycles. The highest BCUT2D eigenvalue weighted by molar-refractivity contribution is 5.36. The van der Waals surface area contributed by atoms with Crippen molar-refractivity contribution in [1.82, 2.24) is 4.90 Å². The number of aliphatic hydroxyl groups excluding tert-OH is 1. The van der Waals surface area contributed by atoms with Crippen LogP contribution in [0, 0.1) is 21.8 Å². The van der Waals surface area contributed by atoms with E-state index < -0.39 is 16.4 Å². The number of halogens is 1. The van der Waals surface area contributed by atoms with Gasteiger partial charge in [-0.15, -0.1) is 0 Å². The molecule has 1 aliphatic heterocycles. The second-order valence-electron chi connectivity index (χ2n) is 4.91. The maximum Gasteiger partial charge on any atom is 0.305 e. The first-order valence-electron chi connectivity index (χ1n) is 6.36. The van der Waals surface area contributed by atoms with Gasteiger partial charge in [0.05, 0.1) is 4.92 Å². The van der Waals surface area contributed by atoms with Gasteiger partial charge in [0.2, 0.25) is 5.82 Å². The van der Waals surface area contributed by atoms with Crippen molar-refractivity contribution in [2.24, 2.45) is 5.92 Å². The molecule has 1 heterocycles. The molecule has 1 aromatic rings. The van der Waals surface area contributed by atoms with Gasteiger partial charge in [0.25, 0.3) is 0 Å². The topological polar surface area (TPSA) is 66.6 Å². The minimum absolute atomic E-state index is 0.193. The van der Waals surface area contributed by atoms with Crippen molar-refractivity contribution in [3.05, 3.63) is 39.7 Å². The third kappa shape index (κ3) is 3.27. The van der Waals surface area contributed by atoms with E-state index >= 15 is 0 Å². The van der Waals surface area contributed by atoms with Gasteiger partial charge in [0.1, 0.15) is 0 Å². The number of likely N-dealkylation sites (tertiary alicyclic amines) is 1. The molecule has 0 saturated carbocycles. The largest absolute Gasteiger partial charge is 0.396 e.